The summed E-state index contributed by atoms with van der Waals surface area (Å²) in [5.74, 6) is 0. The predicted molar refractivity (Wildman–Crippen MR) is 82.2 cm³/mol. The van der Waals surface area contributed by atoms with Crippen molar-refractivity contribution in [3.63, 3.8) is 0 Å². The number of anilines is 2. The molecule has 4 nitrogen and oxygen atoms in total. The van der Waals surface area contributed by atoms with Crippen LogP contribution in [0.5, 0.6) is 0 Å². The lowest BCUT2D eigenvalue weighted by Gasteiger charge is -2.13. The van der Waals surface area contributed by atoms with E-state index < -0.39 is 10.0 Å². The molecule has 0 aromatic heterocycles. The summed E-state index contributed by atoms with van der Waals surface area (Å²) in [6.07, 6.45) is 0.759. The van der Waals surface area contributed by atoms with Gasteiger partial charge in [-0.25, -0.2) is 8.42 Å². The van der Waals surface area contributed by atoms with Crippen LogP contribution in [0.1, 0.15) is 18.1 Å². The minimum absolute atomic E-state index is 0.211. The van der Waals surface area contributed by atoms with Gasteiger partial charge in [0.1, 0.15) is 0 Å². The molecule has 106 valence electrons. The van der Waals surface area contributed by atoms with E-state index in [1.165, 1.54) is 6.07 Å². The van der Waals surface area contributed by atoms with Crippen LogP contribution in [0, 0.1) is 6.92 Å². The van der Waals surface area contributed by atoms with Crippen LogP contribution >= 0.6 is 0 Å². The second-order valence-electron chi connectivity index (χ2n) is 4.64. The molecule has 0 spiro atoms. The maximum absolute atomic E-state index is 12.5. The van der Waals surface area contributed by atoms with Crippen LogP contribution in [0.15, 0.2) is 47.4 Å². The summed E-state index contributed by atoms with van der Waals surface area (Å²) in [6.45, 7) is 3.73. The average molecular weight is 290 g/mol. The van der Waals surface area contributed by atoms with Gasteiger partial charge in [0.05, 0.1) is 10.6 Å². The molecule has 0 fully saturated rings. The normalized spacial score (nSPS) is 11.3. The van der Waals surface area contributed by atoms with E-state index in [0.717, 1.165) is 12.0 Å². The van der Waals surface area contributed by atoms with E-state index in [2.05, 4.69) is 4.72 Å². The lowest BCUT2D eigenvalue weighted by molar-refractivity contribution is 0.600. The minimum atomic E-state index is -3.63. The van der Waals surface area contributed by atoms with Crippen molar-refractivity contribution in [1.82, 2.24) is 0 Å². The number of rotatable bonds is 4. The standard InChI is InChI=1S/C15H18N2O2S/c1-3-12-6-4-5-7-14(12)17-20(18,19)15-10-13(16)9-8-11(15)2/h4-10,17H,3,16H2,1-2H3. The van der Waals surface area contributed by atoms with Gasteiger partial charge in [-0.3, -0.25) is 4.72 Å². The zero-order valence-electron chi connectivity index (χ0n) is 11.6. The number of nitrogens with two attached hydrogens (primary N) is 1. The second kappa shape index (κ2) is 5.54. The molecule has 5 heteroatoms. The third-order valence-electron chi connectivity index (χ3n) is 3.14. The van der Waals surface area contributed by atoms with E-state index in [1.807, 2.05) is 25.1 Å². The maximum atomic E-state index is 12.5. The number of para-hydroxylation sites is 1. The fraction of sp³-hybridized carbons (Fsp3) is 0.200. The van der Waals surface area contributed by atoms with E-state index in [4.69, 9.17) is 5.73 Å². The van der Waals surface area contributed by atoms with Crippen LogP contribution in [0.4, 0.5) is 11.4 Å². The predicted octanol–water partition coefficient (Wildman–Crippen LogP) is 2.94. The van der Waals surface area contributed by atoms with Crippen molar-refractivity contribution in [2.75, 3.05) is 10.5 Å². The quantitative estimate of drug-likeness (QED) is 0.850. The van der Waals surface area contributed by atoms with Gasteiger partial charge in [0.2, 0.25) is 0 Å². The topological polar surface area (TPSA) is 72.2 Å². The summed E-state index contributed by atoms with van der Waals surface area (Å²) in [7, 11) is -3.63. The zero-order valence-corrected chi connectivity index (χ0v) is 12.4. The minimum Gasteiger partial charge on any atom is -0.399 e. The summed E-state index contributed by atoms with van der Waals surface area (Å²) in [5.41, 5.74) is 8.34. The van der Waals surface area contributed by atoms with Gasteiger partial charge in [-0.1, -0.05) is 31.2 Å². The highest BCUT2D eigenvalue weighted by molar-refractivity contribution is 7.92. The summed E-state index contributed by atoms with van der Waals surface area (Å²) < 4.78 is 27.6. The number of hydrogen-bond donors (Lipinski definition) is 2. The fourth-order valence-electron chi connectivity index (χ4n) is 2.03. The molecule has 0 aliphatic rings. The molecule has 2 rings (SSSR count). The Morgan fingerprint density at radius 1 is 1.15 bits per heavy atom. The molecule has 0 radical (unpaired) electrons. The molecule has 0 saturated carbocycles. The molecule has 0 heterocycles. The largest absolute Gasteiger partial charge is 0.399 e. The Morgan fingerprint density at radius 2 is 1.85 bits per heavy atom. The first-order valence-corrected chi connectivity index (χ1v) is 7.89. The van der Waals surface area contributed by atoms with Gasteiger partial charge >= 0.3 is 0 Å². The Kier molecular flexibility index (Phi) is 3.99. The summed E-state index contributed by atoms with van der Waals surface area (Å²) in [6, 6.07) is 12.2. The molecule has 2 aromatic carbocycles. The molecule has 0 atom stereocenters. The Morgan fingerprint density at radius 3 is 2.55 bits per heavy atom. The maximum Gasteiger partial charge on any atom is 0.262 e. The molecular weight excluding hydrogens is 272 g/mol. The molecule has 0 unspecified atom stereocenters. The van der Waals surface area contributed by atoms with Crippen molar-refractivity contribution >= 4 is 21.4 Å². The second-order valence-corrected chi connectivity index (χ2v) is 6.29. The first-order valence-electron chi connectivity index (χ1n) is 6.41. The lowest BCUT2D eigenvalue weighted by Crippen LogP contribution is -2.15. The smallest absolute Gasteiger partial charge is 0.262 e. The number of hydrogen-bond acceptors (Lipinski definition) is 3. The number of nitrogens with one attached hydrogen (secondary N) is 1. The van der Waals surface area contributed by atoms with Gasteiger partial charge in [0.25, 0.3) is 10.0 Å². The van der Waals surface area contributed by atoms with Crippen molar-refractivity contribution in [3.8, 4) is 0 Å². The molecular formula is C15H18N2O2S. The SMILES string of the molecule is CCc1ccccc1NS(=O)(=O)c1cc(N)ccc1C. The molecule has 0 aliphatic carbocycles. The van der Waals surface area contributed by atoms with Crippen LogP contribution in [-0.2, 0) is 16.4 Å². The third-order valence-corrected chi connectivity index (χ3v) is 4.65. The summed E-state index contributed by atoms with van der Waals surface area (Å²) in [5, 5.41) is 0. The molecule has 0 aliphatic heterocycles. The number of aryl methyl sites for hydroxylation is 2. The van der Waals surface area contributed by atoms with E-state index in [1.54, 1.807) is 25.1 Å². The van der Waals surface area contributed by atoms with Crippen molar-refractivity contribution in [2.24, 2.45) is 0 Å². The highest BCUT2D eigenvalue weighted by Crippen LogP contribution is 2.23. The first kappa shape index (κ1) is 14.4. The number of benzene rings is 2. The van der Waals surface area contributed by atoms with Crippen molar-refractivity contribution in [2.45, 2.75) is 25.2 Å². The zero-order chi connectivity index (χ0) is 14.8. The highest BCUT2D eigenvalue weighted by atomic mass is 32.2. The van der Waals surface area contributed by atoms with Crippen LogP contribution in [0.3, 0.4) is 0 Å². The summed E-state index contributed by atoms with van der Waals surface area (Å²) in [4.78, 5) is 0.211. The van der Waals surface area contributed by atoms with Gasteiger partial charge in [0, 0.05) is 5.69 Å². The van der Waals surface area contributed by atoms with Crippen molar-refractivity contribution < 1.29 is 8.42 Å². The molecule has 0 saturated heterocycles. The van der Waals surface area contributed by atoms with Crippen LogP contribution in [0.2, 0.25) is 0 Å². The van der Waals surface area contributed by atoms with E-state index in [9.17, 15) is 8.42 Å². The molecule has 0 amide bonds. The highest BCUT2D eigenvalue weighted by Gasteiger charge is 2.18. The molecule has 0 bridgehead atoms. The molecule has 3 N–H and O–H groups in total. The first-order chi connectivity index (χ1) is 9.44. The Hall–Kier alpha value is -2.01. The van der Waals surface area contributed by atoms with Gasteiger partial charge in [-0.15, -0.1) is 0 Å². The monoisotopic (exact) mass is 290 g/mol. The Bertz CT molecular complexity index is 724. The van der Waals surface area contributed by atoms with E-state index in [-0.39, 0.29) is 4.90 Å². The Labute approximate surface area is 119 Å². The molecule has 2 aromatic rings. The number of sulfonamides is 1. The third kappa shape index (κ3) is 2.93. The van der Waals surface area contributed by atoms with Crippen LogP contribution in [0.25, 0.3) is 0 Å². The van der Waals surface area contributed by atoms with E-state index >= 15 is 0 Å². The summed E-state index contributed by atoms with van der Waals surface area (Å²) >= 11 is 0. The van der Waals surface area contributed by atoms with Crippen molar-refractivity contribution in [1.29, 1.82) is 0 Å². The molecule has 20 heavy (non-hydrogen) atoms. The Balaban J connectivity index is 2.43. The van der Waals surface area contributed by atoms with Gasteiger partial charge in [0.15, 0.2) is 0 Å². The van der Waals surface area contributed by atoms with Gasteiger partial charge in [-0.05, 0) is 42.7 Å². The van der Waals surface area contributed by atoms with Crippen LogP contribution in [-0.4, -0.2) is 8.42 Å². The number of nitrogen functional groups attached to an aromatic ring is 1. The van der Waals surface area contributed by atoms with Gasteiger partial charge in [-0.2, -0.15) is 0 Å². The van der Waals surface area contributed by atoms with Gasteiger partial charge < -0.3 is 5.73 Å². The fourth-order valence-corrected chi connectivity index (χ4v) is 3.42. The van der Waals surface area contributed by atoms with Crippen molar-refractivity contribution in [3.05, 3.63) is 53.6 Å². The van der Waals surface area contributed by atoms with Crippen LogP contribution < -0.4 is 10.5 Å². The lowest BCUT2D eigenvalue weighted by atomic mass is 10.1. The average Bonchev–Trinajstić information content (AvgIpc) is 2.41. The van der Waals surface area contributed by atoms with E-state index in [0.29, 0.717) is 16.9 Å².